The van der Waals surface area contributed by atoms with Crippen LogP contribution in [-0.4, -0.2) is 36.1 Å². The monoisotopic (exact) mass is 352 g/mol. The van der Waals surface area contributed by atoms with Gasteiger partial charge < -0.3 is 16.0 Å². The summed E-state index contributed by atoms with van der Waals surface area (Å²) in [5.41, 5.74) is 9.53. The Morgan fingerprint density at radius 2 is 2.12 bits per heavy atom. The van der Waals surface area contributed by atoms with Crippen LogP contribution in [0.3, 0.4) is 0 Å². The SMILES string of the molecule is Cc1ccc(N2C[C@@H](C)C[C@@H](NC(=O)C(N)C3CC3)C2)c2cccnc12. The van der Waals surface area contributed by atoms with Gasteiger partial charge in [-0.25, -0.2) is 0 Å². The first-order chi connectivity index (χ1) is 12.5. The quantitative estimate of drug-likeness (QED) is 0.887. The van der Waals surface area contributed by atoms with Gasteiger partial charge in [0.1, 0.15) is 0 Å². The number of benzene rings is 1. The number of amides is 1. The number of anilines is 1. The normalized spacial score (nSPS) is 24.5. The number of nitrogens with two attached hydrogens (primary N) is 1. The third-order valence-electron chi connectivity index (χ3n) is 5.73. The number of hydrogen-bond donors (Lipinski definition) is 2. The Balaban J connectivity index is 1.55. The second kappa shape index (κ2) is 6.88. The molecule has 1 aliphatic heterocycles. The van der Waals surface area contributed by atoms with Crippen molar-refractivity contribution in [2.75, 3.05) is 18.0 Å². The first kappa shape index (κ1) is 17.3. The van der Waals surface area contributed by atoms with Gasteiger partial charge in [0, 0.05) is 36.4 Å². The van der Waals surface area contributed by atoms with Crippen LogP contribution in [0.5, 0.6) is 0 Å². The summed E-state index contributed by atoms with van der Waals surface area (Å²) in [5, 5.41) is 4.39. The molecule has 1 unspecified atom stereocenters. The highest BCUT2D eigenvalue weighted by Crippen LogP contribution is 2.33. The first-order valence-electron chi connectivity index (χ1n) is 9.68. The fourth-order valence-corrected chi connectivity index (χ4v) is 4.19. The third-order valence-corrected chi connectivity index (χ3v) is 5.73. The van der Waals surface area contributed by atoms with Crippen molar-refractivity contribution < 1.29 is 4.79 Å². The van der Waals surface area contributed by atoms with Crippen molar-refractivity contribution in [3.8, 4) is 0 Å². The second-order valence-electron chi connectivity index (χ2n) is 8.12. The van der Waals surface area contributed by atoms with E-state index in [9.17, 15) is 4.79 Å². The zero-order chi connectivity index (χ0) is 18.3. The minimum atomic E-state index is -0.343. The number of pyridine rings is 1. The molecule has 0 radical (unpaired) electrons. The van der Waals surface area contributed by atoms with Gasteiger partial charge in [-0.05, 0) is 61.8 Å². The average Bonchev–Trinajstić information content (AvgIpc) is 3.46. The van der Waals surface area contributed by atoms with Crippen molar-refractivity contribution in [1.29, 1.82) is 0 Å². The van der Waals surface area contributed by atoms with Crippen LogP contribution in [0.2, 0.25) is 0 Å². The number of hydrogen-bond acceptors (Lipinski definition) is 4. The topological polar surface area (TPSA) is 71.2 Å². The van der Waals surface area contributed by atoms with Crippen molar-refractivity contribution in [1.82, 2.24) is 10.3 Å². The van der Waals surface area contributed by atoms with Gasteiger partial charge in [-0.1, -0.05) is 13.0 Å². The molecule has 1 saturated carbocycles. The molecular weight excluding hydrogens is 324 g/mol. The molecule has 5 nitrogen and oxygen atoms in total. The maximum atomic E-state index is 12.4. The molecule has 2 aliphatic rings. The molecular formula is C21H28N4O. The maximum Gasteiger partial charge on any atom is 0.237 e. The molecule has 1 aromatic heterocycles. The van der Waals surface area contributed by atoms with Crippen LogP contribution >= 0.6 is 0 Å². The lowest BCUT2D eigenvalue weighted by Crippen LogP contribution is -2.54. The summed E-state index contributed by atoms with van der Waals surface area (Å²) in [6, 6.07) is 8.26. The highest BCUT2D eigenvalue weighted by Gasteiger charge is 2.35. The molecule has 1 aliphatic carbocycles. The fourth-order valence-electron chi connectivity index (χ4n) is 4.19. The zero-order valence-corrected chi connectivity index (χ0v) is 15.6. The van der Waals surface area contributed by atoms with E-state index in [4.69, 9.17) is 5.73 Å². The minimum Gasteiger partial charge on any atom is -0.369 e. The van der Waals surface area contributed by atoms with Gasteiger partial charge in [0.25, 0.3) is 0 Å². The lowest BCUT2D eigenvalue weighted by Gasteiger charge is -2.39. The Bertz CT molecular complexity index is 817. The van der Waals surface area contributed by atoms with E-state index in [0.717, 1.165) is 37.9 Å². The highest BCUT2D eigenvalue weighted by atomic mass is 16.2. The lowest BCUT2D eigenvalue weighted by atomic mass is 9.94. The largest absolute Gasteiger partial charge is 0.369 e. The van der Waals surface area contributed by atoms with E-state index in [1.807, 2.05) is 12.3 Å². The van der Waals surface area contributed by atoms with E-state index in [1.165, 1.54) is 16.6 Å². The summed E-state index contributed by atoms with van der Waals surface area (Å²) in [4.78, 5) is 19.4. The van der Waals surface area contributed by atoms with Crippen molar-refractivity contribution in [3.63, 3.8) is 0 Å². The van der Waals surface area contributed by atoms with E-state index >= 15 is 0 Å². The molecule has 3 atom stereocenters. The van der Waals surface area contributed by atoms with E-state index < -0.39 is 0 Å². The van der Waals surface area contributed by atoms with E-state index in [2.05, 4.69) is 47.2 Å². The number of nitrogens with one attached hydrogen (secondary N) is 1. The lowest BCUT2D eigenvalue weighted by molar-refractivity contribution is -0.123. The first-order valence-corrected chi connectivity index (χ1v) is 9.68. The molecule has 26 heavy (non-hydrogen) atoms. The van der Waals surface area contributed by atoms with Crippen LogP contribution in [0.25, 0.3) is 10.9 Å². The van der Waals surface area contributed by atoms with Crippen LogP contribution in [0, 0.1) is 18.8 Å². The number of aryl methyl sites for hydroxylation is 1. The van der Waals surface area contributed by atoms with E-state index in [-0.39, 0.29) is 18.0 Å². The summed E-state index contributed by atoms with van der Waals surface area (Å²) >= 11 is 0. The number of fused-ring (bicyclic) bond motifs is 1. The molecule has 1 aromatic carbocycles. The molecule has 1 saturated heterocycles. The number of carbonyl (C=O) groups is 1. The average molecular weight is 352 g/mol. The van der Waals surface area contributed by atoms with Crippen LogP contribution in [0.1, 0.15) is 31.7 Å². The van der Waals surface area contributed by atoms with Gasteiger partial charge >= 0.3 is 0 Å². The van der Waals surface area contributed by atoms with Crippen LogP contribution in [0.4, 0.5) is 5.69 Å². The van der Waals surface area contributed by atoms with E-state index in [1.54, 1.807) is 0 Å². The van der Waals surface area contributed by atoms with Crippen LogP contribution in [-0.2, 0) is 4.79 Å². The standard InChI is InChI=1S/C21H28N4O/c1-13-10-16(24-21(26)19(22)15-6-7-15)12-25(11-13)18-8-5-14(2)20-17(18)4-3-9-23-20/h3-5,8-9,13,15-16,19H,6-7,10-12,22H2,1-2H3,(H,24,26)/t13-,16+,19?/m0/s1. The van der Waals surface area contributed by atoms with Crippen molar-refractivity contribution in [3.05, 3.63) is 36.0 Å². The molecule has 1 amide bonds. The summed E-state index contributed by atoms with van der Waals surface area (Å²) < 4.78 is 0. The molecule has 2 aromatic rings. The molecule has 5 heteroatoms. The Morgan fingerprint density at radius 3 is 2.88 bits per heavy atom. The van der Waals surface area contributed by atoms with Gasteiger partial charge in [-0.15, -0.1) is 0 Å². The number of nitrogens with zero attached hydrogens (tertiary/aromatic N) is 2. The number of carbonyl (C=O) groups excluding carboxylic acids is 1. The summed E-state index contributed by atoms with van der Waals surface area (Å²) in [5.74, 6) is 0.917. The molecule has 138 valence electrons. The molecule has 0 spiro atoms. The van der Waals surface area contributed by atoms with Gasteiger partial charge in [-0.3, -0.25) is 9.78 Å². The predicted octanol–water partition coefficient (Wildman–Crippen LogP) is 2.61. The molecule has 3 N–H and O–H groups in total. The number of piperidine rings is 1. The summed E-state index contributed by atoms with van der Waals surface area (Å²) in [7, 11) is 0. The van der Waals surface area contributed by atoms with Crippen molar-refractivity contribution in [2.24, 2.45) is 17.6 Å². The molecule has 2 fully saturated rings. The zero-order valence-electron chi connectivity index (χ0n) is 15.6. The molecule has 0 bridgehead atoms. The predicted molar refractivity (Wildman–Crippen MR) is 105 cm³/mol. The van der Waals surface area contributed by atoms with E-state index in [0.29, 0.717) is 11.8 Å². The van der Waals surface area contributed by atoms with Gasteiger partial charge in [0.15, 0.2) is 0 Å². The smallest absolute Gasteiger partial charge is 0.237 e. The van der Waals surface area contributed by atoms with Crippen LogP contribution < -0.4 is 16.0 Å². The summed E-state index contributed by atoms with van der Waals surface area (Å²) in [6.45, 7) is 6.16. The Hall–Kier alpha value is -2.14. The Labute approximate surface area is 155 Å². The Kier molecular flexibility index (Phi) is 4.57. The third kappa shape index (κ3) is 3.40. The molecule has 2 heterocycles. The Morgan fingerprint density at radius 1 is 1.31 bits per heavy atom. The van der Waals surface area contributed by atoms with Crippen molar-refractivity contribution >= 4 is 22.5 Å². The minimum absolute atomic E-state index is 0.0157. The van der Waals surface area contributed by atoms with Crippen LogP contribution in [0.15, 0.2) is 30.5 Å². The highest BCUT2D eigenvalue weighted by molar-refractivity contribution is 5.93. The van der Waals surface area contributed by atoms with Crippen molar-refractivity contribution in [2.45, 2.75) is 45.2 Å². The second-order valence-corrected chi connectivity index (χ2v) is 8.12. The number of rotatable bonds is 4. The maximum absolute atomic E-state index is 12.4. The van der Waals surface area contributed by atoms with Gasteiger partial charge in [-0.2, -0.15) is 0 Å². The summed E-state index contributed by atoms with van der Waals surface area (Å²) in [6.07, 6.45) is 5.02. The number of aromatic nitrogens is 1. The van der Waals surface area contributed by atoms with Gasteiger partial charge in [0.05, 0.1) is 11.6 Å². The van der Waals surface area contributed by atoms with Gasteiger partial charge in [0.2, 0.25) is 5.91 Å². The molecule has 4 rings (SSSR count). The fraction of sp³-hybridized carbons (Fsp3) is 0.524.